The normalized spacial score (nSPS) is 16.2. The summed E-state index contributed by atoms with van der Waals surface area (Å²) in [6.45, 7) is 0. The van der Waals surface area contributed by atoms with E-state index in [1.165, 1.54) is 43.2 Å². The van der Waals surface area contributed by atoms with Crippen molar-refractivity contribution in [2.45, 2.75) is 48.9 Å². The molecule has 21 heavy (non-hydrogen) atoms. The lowest BCUT2D eigenvalue weighted by molar-refractivity contribution is 0.421. The molecule has 1 aromatic heterocycles. The van der Waals surface area contributed by atoms with Crippen LogP contribution in [-0.2, 0) is 5.75 Å². The van der Waals surface area contributed by atoms with Crippen molar-refractivity contribution in [1.82, 2.24) is 14.9 Å². The minimum atomic E-state index is -0.217. The quantitative estimate of drug-likeness (QED) is 0.694. The van der Waals surface area contributed by atoms with E-state index in [-0.39, 0.29) is 5.82 Å². The third-order valence-corrected chi connectivity index (χ3v) is 4.96. The van der Waals surface area contributed by atoms with Gasteiger partial charge in [-0.25, -0.2) is 9.07 Å². The molecule has 1 fully saturated rings. The number of benzene rings is 1. The molecular formula is C15H19FN4S. The molecule has 0 aliphatic heterocycles. The summed E-state index contributed by atoms with van der Waals surface area (Å²) in [6.07, 6.45) is 6.10. The van der Waals surface area contributed by atoms with Crippen molar-refractivity contribution in [2.75, 3.05) is 5.84 Å². The molecule has 4 nitrogen and oxygen atoms in total. The van der Waals surface area contributed by atoms with Gasteiger partial charge < -0.3 is 5.84 Å². The molecule has 0 spiro atoms. The molecule has 0 saturated heterocycles. The van der Waals surface area contributed by atoms with Crippen molar-refractivity contribution >= 4 is 11.8 Å². The van der Waals surface area contributed by atoms with Crippen LogP contribution in [0.25, 0.3) is 0 Å². The van der Waals surface area contributed by atoms with E-state index in [1.807, 2.05) is 0 Å². The van der Waals surface area contributed by atoms with Crippen LogP contribution in [0.1, 0.15) is 49.4 Å². The smallest absolute Gasteiger partial charge is 0.210 e. The van der Waals surface area contributed by atoms with Gasteiger partial charge in [-0.1, -0.05) is 43.2 Å². The fourth-order valence-electron chi connectivity index (χ4n) is 2.75. The number of thioether (sulfide) groups is 1. The second-order valence-corrected chi connectivity index (χ2v) is 6.40. The zero-order valence-electron chi connectivity index (χ0n) is 11.8. The third kappa shape index (κ3) is 3.37. The second-order valence-electron chi connectivity index (χ2n) is 5.46. The summed E-state index contributed by atoms with van der Waals surface area (Å²) in [5.74, 6) is 7.97. The first-order valence-corrected chi connectivity index (χ1v) is 8.30. The molecule has 6 heteroatoms. The molecule has 3 rings (SSSR count). The van der Waals surface area contributed by atoms with E-state index >= 15 is 0 Å². The Kier molecular flexibility index (Phi) is 4.43. The summed E-state index contributed by atoms with van der Waals surface area (Å²) in [7, 11) is 0. The summed E-state index contributed by atoms with van der Waals surface area (Å²) < 4.78 is 14.5. The molecule has 0 radical (unpaired) electrons. The highest BCUT2D eigenvalue weighted by Crippen LogP contribution is 2.32. The van der Waals surface area contributed by atoms with Crippen molar-refractivity contribution in [3.63, 3.8) is 0 Å². The summed E-state index contributed by atoms with van der Waals surface area (Å²) in [4.78, 5) is 0. The van der Waals surface area contributed by atoms with Crippen LogP contribution in [0, 0.1) is 5.82 Å². The molecule has 0 bridgehead atoms. The molecule has 0 atom stereocenters. The topological polar surface area (TPSA) is 56.7 Å². The van der Waals surface area contributed by atoms with E-state index < -0.39 is 0 Å². The van der Waals surface area contributed by atoms with Crippen molar-refractivity contribution < 1.29 is 4.39 Å². The van der Waals surface area contributed by atoms with Crippen LogP contribution in [0.15, 0.2) is 29.4 Å². The van der Waals surface area contributed by atoms with Gasteiger partial charge in [-0.05, 0) is 30.5 Å². The molecule has 2 N–H and O–H groups in total. The number of nitrogens with zero attached hydrogens (tertiary/aromatic N) is 3. The van der Waals surface area contributed by atoms with Gasteiger partial charge in [0.15, 0.2) is 5.82 Å². The molecular weight excluding hydrogens is 287 g/mol. The number of halogens is 1. The molecule has 112 valence electrons. The largest absolute Gasteiger partial charge is 0.336 e. The summed E-state index contributed by atoms with van der Waals surface area (Å²) in [5, 5.41) is 9.20. The molecule has 2 aromatic rings. The minimum Gasteiger partial charge on any atom is -0.336 e. The average molecular weight is 306 g/mol. The summed E-state index contributed by atoms with van der Waals surface area (Å²) >= 11 is 1.53. The lowest BCUT2D eigenvalue weighted by Gasteiger charge is -2.20. The number of nitrogen functional groups attached to an aromatic ring is 1. The predicted molar refractivity (Wildman–Crippen MR) is 82.0 cm³/mol. The van der Waals surface area contributed by atoms with Gasteiger partial charge >= 0.3 is 0 Å². The van der Waals surface area contributed by atoms with Crippen LogP contribution in [0.3, 0.4) is 0 Å². The zero-order chi connectivity index (χ0) is 14.7. The van der Waals surface area contributed by atoms with Crippen molar-refractivity contribution in [3.05, 3.63) is 41.5 Å². The Bertz CT molecular complexity index is 590. The maximum Gasteiger partial charge on any atom is 0.210 e. The molecule has 1 aromatic carbocycles. The van der Waals surface area contributed by atoms with Gasteiger partial charge in [0.1, 0.15) is 5.82 Å². The zero-order valence-corrected chi connectivity index (χ0v) is 12.7. The maximum atomic E-state index is 12.9. The predicted octanol–water partition coefficient (Wildman–Crippen LogP) is 3.47. The highest BCUT2D eigenvalue weighted by Gasteiger charge is 2.22. The SMILES string of the molecule is Nn1c(SCc2ccc(F)cc2)nnc1C1CCCCC1. The third-order valence-electron chi connectivity index (χ3n) is 3.94. The number of aromatic nitrogens is 3. The average Bonchev–Trinajstić information content (AvgIpc) is 2.89. The van der Waals surface area contributed by atoms with Gasteiger partial charge in [-0.15, -0.1) is 10.2 Å². The maximum absolute atomic E-state index is 12.9. The van der Waals surface area contributed by atoms with Crippen LogP contribution < -0.4 is 5.84 Å². The van der Waals surface area contributed by atoms with Gasteiger partial charge in [-0.2, -0.15) is 0 Å². The summed E-state index contributed by atoms with van der Waals surface area (Å²) in [5.41, 5.74) is 1.05. The first kappa shape index (κ1) is 14.4. The van der Waals surface area contributed by atoms with Crippen LogP contribution >= 0.6 is 11.8 Å². The van der Waals surface area contributed by atoms with Crippen LogP contribution in [-0.4, -0.2) is 14.9 Å². The van der Waals surface area contributed by atoms with E-state index in [0.717, 1.165) is 29.4 Å². The number of hydrogen-bond donors (Lipinski definition) is 1. The van der Waals surface area contributed by atoms with Crippen LogP contribution in [0.4, 0.5) is 4.39 Å². The fraction of sp³-hybridized carbons (Fsp3) is 0.467. The van der Waals surface area contributed by atoms with Crippen LogP contribution in [0.2, 0.25) is 0 Å². The monoisotopic (exact) mass is 306 g/mol. The minimum absolute atomic E-state index is 0.217. The number of hydrogen-bond acceptors (Lipinski definition) is 4. The van der Waals surface area contributed by atoms with Gasteiger partial charge in [0.25, 0.3) is 0 Å². The first-order valence-electron chi connectivity index (χ1n) is 7.31. The standard InChI is InChI=1S/C15H19FN4S/c16-13-8-6-11(7-9-13)10-21-15-19-18-14(20(15)17)12-4-2-1-3-5-12/h6-9,12H,1-5,10,17H2. The molecule has 1 aliphatic carbocycles. The van der Waals surface area contributed by atoms with Crippen LogP contribution in [0.5, 0.6) is 0 Å². The molecule has 0 amide bonds. The van der Waals surface area contributed by atoms with E-state index in [9.17, 15) is 4.39 Å². The van der Waals surface area contributed by atoms with E-state index in [4.69, 9.17) is 5.84 Å². The molecule has 1 heterocycles. The summed E-state index contributed by atoms with van der Waals surface area (Å²) in [6, 6.07) is 6.50. The van der Waals surface area contributed by atoms with Gasteiger partial charge in [-0.3, -0.25) is 0 Å². The Labute approximate surface area is 127 Å². The highest BCUT2D eigenvalue weighted by molar-refractivity contribution is 7.98. The van der Waals surface area contributed by atoms with Crippen molar-refractivity contribution in [1.29, 1.82) is 0 Å². The van der Waals surface area contributed by atoms with Crippen molar-refractivity contribution in [2.24, 2.45) is 0 Å². The van der Waals surface area contributed by atoms with Gasteiger partial charge in [0, 0.05) is 11.7 Å². The Hall–Kier alpha value is -1.56. The lowest BCUT2D eigenvalue weighted by atomic mass is 9.89. The van der Waals surface area contributed by atoms with E-state index in [0.29, 0.717) is 11.7 Å². The lowest BCUT2D eigenvalue weighted by Crippen LogP contribution is -2.18. The molecule has 1 aliphatic rings. The number of rotatable bonds is 4. The molecule has 0 unspecified atom stereocenters. The Morgan fingerprint density at radius 3 is 2.57 bits per heavy atom. The van der Waals surface area contributed by atoms with Gasteiger partial charge in [0.2, 0.25) is 5.16 Å². The van der Waals surface area contributed by atoms with E-state index in [1.54, 1.807) is 16.8 Å². The van der Waals surface area contributed by atoms with Crippen molar-refractivity contribution in [3.8, 4) is 0 Å². The van der Waals surface area contributed by atoms with E-state index in [2.05, 4.69) is 10.2 Å². The second kappa shape index (κ2) is 6.47. The van der Waals surface area contributed by atoms with Gasteiger partial charge in [0.05, 0.1) is 0 Å². The highest BCUT2D eigenvalue weighted by atomic mass is 32.2. The first-order chi connectivity index (χ1) is 10.2. The fourth-order valence-corrected chi connectivity index (χ4v) is 3.57. The molecule has 1 saturated carbocycles. The Morgan fingerprint density at radius 2 is 1.86 bits per heavy atom. The number of nitrogens with two attached hydrogens (primary N) is 1. The Morgan fingerprint density at radius 1 is 1.14 bits per heavy atom. The Balaban J connectivity index is 1.66.